The molecule has 0 saturated carbocycles. The van der Waals surface area contributed by atoms with E-state index < -0.39 is 10.0 Å². The Morgan fingerprint density at radius 1 is 0.950 bits per heavy atom. The lowest BCUT2D eigenvalue weighted by atomic mass is 10.2. The second kappa shape index (κ2) is 6.60. The van der Waals surface area contributed by atoms with Gasteiger partial charge in [0, 0.05) is 18.9 Å². The van der Waals surface area contributed by atoms with E-state index in [2.05, 4.69) is 9.71 Å². The van der Waals surface area contributed by atoms with Crippen LogP contribution in [0.1, 0.15) is 16.7 Å². The maximum Gasteiger partial charge on any atom is 0.216 e. The fourth-order valence-corrected chi connectivity index (χ4v) is 2.83. The van der Waals surface area contributed by atoms with Gasteiger partial charge in [-0.1, -0.05) is 24.3 Å². The molecule has 1 aromatic carbocycles. The van der Waals surface area contributed by atoms with E-state index >= 15 is 0 Å². The zero-order chi connectivity index (χ0) is 14.4. The Kier molecular flexibility index (Phi) is 4.84. The number of rotatable bonds is 6. The number of hydrogen-bond acceptors (Lipinski definition) is 4. The molecular formula is C14H16N2O3S. The molecule has 2 N–H and O–H groups in total. The highest BCUT2D eigenvalue weighted by molar-refractivity contribution is 7.88. The van der Waals surface area contributed by atoms with Crippen LogP contribution in [0.25, 0.3) is 0 Å². The Balaban J connectivity index is 1.96. The molecule has 1 heterocycles. The molecule has 0 amide bonds. The predicted octanol–water partition coefficient (Wildman–Crippen LogP) is 1.19. The molecule has 0 fully saturated rings. The summed E-state index contributed by atoms with van der Waals surface area (Å²) in [5.41, 5.74) is 2.31. The van der Waals surface area contributed by atoms with Crippen molar-refractivity contribution >= 4 is 10.0 Å². The van der Waals surface area contributed by atoms with Gasteiger partial charge < -0.3 is 5.11 Å². The average Bonchev–Trinajstić information content (AvgIpc) is 2.47. The van der Waals surface area contributed by atoms with E-state index in [1.54, 1.807) is 48.8 Å². The number of aliphatic hydroxyl groups excluding tert-OH is 1. The molecule has 6 heteroatoms. The minimum atomic E-state index is -3.39. The van der Waals surface area contributed by atoms with Gasteiger partial charge in [-0.2, -0.15) is 0 Å². The highest BCUT2D eigenvalue weighted by Crippen LogP contribution is 2.08. The molecule has 0 spiro atoms. The van der Waals surface area contributed by atoms with Gasteiger partial charge in [0.15, 0.2) is 0 Å². The maximum atomic E-state index is 12.0. The van der Waals surface area contributed by atoms with Crippen molar-refractivity contribution < 1.29 is 13.5 Å². The monoisotopic (exact) mass is 292 g/mol. The number of nitrogens with zero attached hydrogens (tertiary/aromatic N) is 1. The van der Waals surface area contributed by atoms with Gasteiger partial charge >= 0.3 is 0 Å². The second-order valence-corrected chi connectivity index (χ2v) is 6.22. The summed E-state index contributed by atoms with van der Waals surface area (Å²) >= 11 is 0. The molecule has 0 radical (unpaired) electrons. The third-order valence-corrected chi connectivity index (χ3v) is 4.11. The van der Waals surface area contributed by atoms with Crippen molar-refractivity contribution in [3.8, 4) is 0 Å². The van der Waals surface area contributed by atoms with Crippen LogP contribution in [-0.2, 0) is 28.9 Å². The Labute approximate surface area is 118 Å². The first kappa shape index (κ1) is 14.6. The van der Waals surface area contributed by atoms with Gasteiger partial charge in [-0.3, -0.25) is 4.98 Å². The van der Waals surface area contributed by atoms with Gasteiger partial charge in [-0.25, -0.2) is 13.1 Å². The van der Waals surface area contributed by atoms with Gasteiger partial charge in [0.1, 0.15) is 0 Å². The molecule has 106 valence electrons. The van der Waals surface area contributed by atoms with Crippen LogP contribution in [0.3, 0.4) is 0 Å². The van der Waals surface area contributed by atoms with Crippen LogP contribution in [0, 0.1) is 0 Å². The van der Waals surface area contributed by atoms with Crippen LogP contribution in [0.2, 0.25) is 0 Å². The highest BCUT2D eigenvalue weighted by atomic mass is 32.2. The van der Waals surface area contributed by atoms with Gasteiger partial charge in [0.05, 0.1) is 12.4 Å². The second-order valence-electron chi connectivity index (χ2n) is 4.41. The SMILES string of the molecule is O=S(=O)(Cc1ccc(CO)cc1)NCc1ccncc1. The third kappa shape index (κ3) is 4.41. The van der Waals surface area contributed by atoms with Crippen LogP contribution in [0.15, 0.2) is 48.8 Å². The van der Waals surface area contributed by atoms with Crippen molar-refractivity contribution in [2.24, 2.45) is 0 Å². The molecule has 2 rings (SSSR count). The first-order valence-electron chi connectivity index (χ1n) is 6.14. The molecule has 0 atom stereocenters. The number of pyridine rings is 1. The van der Waals surface area contributed by atoms with E-state index in [1.807, 2.05) is 0 Å². The summed E-state index contributed by atoms with van der Waals surface area (Å²) in [4.78, 5) is 3.88. The van der Waals surface area contributed by atoms with Crippen LogP contribution >= 0.6 is 0 Å². The third-order valence-electron chi connectivity index (χ3n) is 2.81. The number of sulfonamides is 1. The molecular weight excluding hydrogens is 276 g/mol. The number of aliphatic hydroxyl groups is 1. The fraction of sp³-hybridized carbons (Fsp3) is 0.214. The zero-order valence-corrected chi connectivity index (χ0v) is 11.7. The quantitative estimate of drug-likeness (QED) is 0.838. The topological polar surface area (TPSA) is 79.3 Å². The molecule has 0 aliphatic carbocycles. The predicted molar refractivity (Wildman–Crippen MR) is 76.1 cm³/mol. The van der Waals surface area contributed by atoms with E-state index in [0.29, 0.717) is 5.56 Å². The Hall–Kier alpha value is -1.76. The molecule has 20 heavy (non-hydrogen) atoms. The van der Waals surface area contributed by atoms with E-state index in [-0.39, 0.29) is 18.9 Å². The summed E-state index contributed by atoms with van der Waals surface area (Å²) in [6.45, 7) is 0.201. The van der Waals surface area contributed by atoms with Gasteiger partial charge in [0.2, 0.25) is 10.0 Å². The van der Waals surface area contributed by atoms with Crippen molar-refractivity contribution in [2.45, 2.75) is 18.9 Å². The molecule has 5 nitrogen and oxygen atoms in total. The average molecular weight is 292 g/mol. The van der Waals surface area contributed by atoms with Crippen molar-refractivity contribution in [3.63, 3.8) is 0 Å². The van der Waals surface area contributed by atoms with Crippen molar-refractivity contribution in [3.05, 3.63) is 65.5 Å². The zero-order valence-electron chi connectivity index (χ0n) is 10.9. The van der Waals surface area contributed by atoms with Gasteiger partial charge in [0.25, 0.3) is 0 Å². The van der Waals surface area contributed by atoms with E-state index in [9.17, 15) is 8.42 Å². The van der Waals surface area contributed by atoms with Crippen LogP contribution in [-0.4, -0.2) is 18.5 Å². The normalized spacial score (nSPS) is 11.4. The Bertz CT molecular complexity index is 640. The maximum absolute atomic E-state index is 12.0. The molecule has 0 aliphatic heterocycles. The van der Waals surface area contributed by atoms with E-state index in [1.165, 1.54) is 0 Å². The summed E-state index contributed by atoms with van der Waals surface area (Å²) in [5, 5.41) is 8.94. The summed E-state index contributed by atoms with van der Waals surface area (Å²) in [7, 11) is -3.39. The van der Waals surface area contributed by atoms with Crippen LogP contribution in [0.4, 0.5) is 0 Å². The minimum absolute atomic E-state index is 0.0483. The summed E-state index contributed by atoms with van der Waals surface area (Å²) in [6, 6.07) is 10.4. The molecule has 0 aliphatic rings. The number of aromatic nitrogens is 1. The van der Waals surface area contributed by atoms with Crippen LogP contribution < -0.4 is 4.72 Å². The molecule has 0 unspecified atom stereocenters. The summed E-state index contributed by atoms with van der Waals surface area (Å²) < 4.78 is 26.5. The lowest BCUT2D eigenvalue weighted by Crippen LogP contribution is -2.24. The minimum Gasteiger partial charge on any atom is -0.392 e. The largest absolute Gasteiger partial charge is 0.392 e. The molecule has 1 aromatic heterocycles. The van der Waals surface area contributed by atoms with Crippen molar-refractivity contribution in [1.29, 1.82) is 0 Å². The van der Waals surface area contributed by atoms with Gasteiger partial charge in [-0.15, -0.1) is 0 Å². The molecule has 2 aromatic rings. The highest BCUT2D eigenvalue weighted by Gasteiger charge is 2.11. The fourth-order valence-electron chi connectivity index (χ4n) is 1.71. The Morgan fingerprint density at radius 2 is 1.55 bits per heavy atom. The van der Waals surface area contributed by atoms with Crippen molar-refractivity contribution in [2.75, 3.05) is 0 Å². The van der Waals surface area contributed by atoms with E-state index in [0.717, 1.165) is 11.1 Å². The number of benzene rings is 1. The summed E-state index contributed by atoms with van der Waals surface area (Å²) in [5.74, 6) is -0.0796. The number of hydrogen-bond donors (Lipinski definition) is 2. The first-order chi connectivity index (χ1) is 9.59. The number of nitrogens with one attached hydrogen (secondary N) is 1. The Morgan fingerprint density at radius 3 is 2.15 bits per heavy atom. The molecule has 0 saturated heterocycles. The molecule has 0 bridgehead atoms. The van der Waals surface area contributed by atoms with E-state index in [4.69, 9.17) is 5.11 Å². The standard InChI is InChI=1S/C14H16N2O3S/c17-10-13-1-3-14(4-2-13)11-20(18,19)16-9-12-5-7-15-8-6-12/h1-8,16-17H,9-11H2. The summed E-state index contributed by atoms with van der Waals surface area (Å²) in [6.07, 6.45) is 3.24. The van der Waals surface area contributed by atoms with Gasteiger partial charge in [-0.05, 0) is 28.8 Å². The first-order valence-corrected chi connectivity index (χ1v) is 7.79. The van der Waals surface area contributed by atoms with Crippen LogP contribution in [0.5, 0.6) is 0 Å². The smallest absolute Gasteiger partial charge is 0.216 e. The lowest BCUT2D eigenvalue weighted by molar-refractivity contribution is 0.282. The lowest BCUT2D eigenvalue weighted by Gasteiger charge is -2.07. The van der Waals surface area contributed by atoms with Crippen molar-refractivity contribution in [1.82, 2.24) is 9.71 Å².